The molecular formula is C10H9N5O3. The molecule has 8 nitrogen and oxygen atoms in total. The Morgan fingerprint density at radius 2 is 2.17 bits per heavy atom. The number of nitrogens with two attached hydrogens (primary N) is 1. The number of carbonyl (C=O) groups excluding carboxylic acids is 1. The Kier molecular flexibility index (Phi) is 3.00. The van der Waals surface area contributed by atoms with Crippen molar-refractivity contribution in [2.75, 3.05) is 0 Å². The molecule has 92 valence electrons. The highest BCUT2D eigenvalue weighted by Crippen LogP contribution is 2.19. The summed E-state index contributed by atoms with van der Waals surface area (Å²) in [6.07, 6.45) is 1.50. The molecule has 0 spiro atoms. The number of carboxylic acids is 1. The molecule has 0 bridgehead atoms. The summed E-state index contributed by atoms with van der Waals surface area (Å²) in [6, 6.07) is 4.98. The number of pyridine rings is 1. The van der Waals surface area contributed by atoms with Crippen molar-refractivity contribution in [2.45, 2.75) is 6.54 Å². The number of aromatic nitrogens is 4. The number of aromatic carboxylic acids is 1. The average molecular weight is 247 g/mol. The Labute approximate surface area is 101 Å². The molecule has 3 N–H and O–H groups in total. The predicted octanol–water partition coefficient (Wildman–Crippen LogP) is -0.476. The molecule has 2 rings (SSSR count). The second-order valence-electron chi connectivity index (χ2n) is 3.43. The first-order valence-corrected chi connectivity index (χ1v) is 4.96. The third-order valence-electron chi connectivity index (χ3n) is 2.15. The van der Waals surface area contributed by atoms with Gasteiger partial charge in [-0.25, -0.2) is 9.48 Å². The Bertz CT molecular complexity index is 593. The van der Waals surface area contributed by atoms with Crippen LogP contribution in [-0.2, 0) is 11.3 Å². The van der Waals surface area contributed by atoms with Crippen LogP contribution in [0.15, 0.2) is 24.4 Å². The van der Waals surface area contributed by atoms with Gasteiger partial charge in [0.25, 0.3) is 0 Å². The van der Waals surface area contributed by atoms with Gasteiger partial charge in [0, 0.05) is 6.20 Å². The molecule has 2 heterocycles. The normalized spacial score (nSPS) is 10.2. The summed E-state index contributed by atoms with van der Waals surface area (Å²) >= 11 is 0. The molecule has 0 aliphatic heterocycles. The quantitative estimate of drug-likeness (QED) is 0.752. The van der Waals surface area contributed by atoms with Crippen molar-refractivity contribution < 1.29 is 14.7 Å². The summed E-state index contributed by atoms with van der Waals surface area (Å²) in [7, 11) is 0. The maximum Gasteiger partial charge on any atom is 0.358 e. The fourth-order valence-corrected chi connectivity index (χ4v) is 1.47. The van der Waals surface area contributed by atoms with Crippen molar-refractivity contribution >= 4 is 11.9 Å². The van der Waals surface area contributed by atoms with Crippen molar-refractivity contribution in [3.63, 3.8) is 0 Å². The lowest BCUT2D eigenvalue weighted by molar-refractivity contribution is -0.118. The molecule has 0 atom stereocenters. The average Bonchev–Trinajstić information content (AvgIpc) is 2.73. The van der Waals surface area contributed by atoms with Crippen LogP contribution in [0.5, 0.6) is 0 Å². The fourth-order valence-electron chi connectivity index (χ4n) is 1.47. The summed E-state index contributed by atoms with van der Waals surface area (Å²) in [5.41, 5.74) is 5.31. The van der Waals surface area contributed by atoms with E-state index in [0.29, 0.717) is 5.69 Å². The molecule has 0 saturated heterocycles. The summed E-state index contributed by atoms with van der Waals surface area (Å²) in [4.78, 5) is 25.9. The highest BCUT2D eigenvalue weighted by molar-refractivity contribution is 5.92. The molecule has 8 heteroatoms. The maximum absolute atomic E-state index is 11.0. The Morgan fingerprint density at radius 3 is 2.72 bits per heavy atom. The van der Waals surface area contributed by atoms with Crippen LogP contribution < -0.4 is 5.73 Å². The van der Waals surface area contributed by atoms with Gasteiger partial charge in [-0.15, -0.1) is 5.10 Å². The van der Waals surface area contributed by atoms with Crippen LogP contribution in [0.2, 0.25) is 0 Å². The van der Waals surface area contributed by atoms with Gasteiger partial charge in [-0.1, -0.05) is 11.3 Å². The third-order valence-corrected chi connectivity index (χ3v) is 2.15. The number of rotatable bonds is 4. The van der Waals surface area contributed by atoms with Crippen LogP contribution in [0.3, 0.4) is 0 Å². The van der Waals surface area contributed by atoms with E-state index in [1.54, 1.807) is 18.2 Å². The smallest absolute Gasteiger partial charge is 0.358 e. The van der Waals surface area contributed by atoms with Crippen LogP contribution in [-0.4, -0.2) is 37.0 Å². The number of carbonyl (C=O) groups is 2. The molecule has 0 fully saturated rings. The van der Waals surface area contributed by atoms with Gasteiger partial charge in [-0.05, 0) is 12.1 Å². The van der Waals surface area contributed by atoms with Crippen molar-refractivity contribution in [3.05, 3.63) is 30.1 Å². The van der Waals surface area contributed by atoms with E-state index in [9.17, 15) is 9.59 Å². The molecule has 0 aliphatic carbocycles. The van der Waals surface area contributed by atoms with Crippen molar-refractivity contribution in [2.24, 2.45) is 5.73 Å². The topological polar surface area (TPSA) is 124 Å². The van der Waals surface area contributed by atoms with Gasteiger partial charge in [0.2, 0.25) is 5.91 Å². The van der Waals surface area contributed by atoms with E-state index in [1.165, 1.54) is 6.20 Å². The summed E-state index contributed by atoms with van der Waals surface area (Å²) in [6.45, 7) is -0.258. The molecule has 2 aromatic heterocycles. The van der Waals surface area contributed by atoms with Crippen LogP contribution >= 0.6 is 0 Å². The van der Waals surface area contributed by atoms with Crippen LogP contribution in [0, 0.1) is 0 Å². The zero-order valence-corrected chi connectivity index (χ0v) is 9.15. The predicted molar refractivity (Wildman–Crippen MR) is 59.4 cm³/mol. The molecule has 18 heavy (non-hydrogen) atoms. The number of hydrogen-bond donors (Lipinski definition) is 2. The summed E-state index contributed by atoms with van der Waals surface area (Å²) in [5, 5.41) is 16.1. The van der Waals surface area contributed by atoms with Gasteiger partial charge in [-0.3, -0.25) is 9.78 Å². The minimum absolute atomic E-state index is 0.155. The Hall–Kier alpha value is -2.77. The molecule has 2 aromatic rings. The lowest BCUT2D eigenvalue weighted by atomic mass is 10.2. The fraction of sp³-hybridized carbons (Fsp3) is 0.100. The number of nitrogens with zero attached hydrogens (tertiary/aromatic N) is 4. The van der Waals surface area contributed by atoms with E-state index >= 15 is 0 Å². The zero-order valence-electron chi connectivity index (χ0n) is 9.15. The van der Waals surface area contributed by atoms with Crippen molar-refractivity contribution in [1.82, 2.24) is 20.0 Å². The van der Waals surface area contributed by atoms with E-state index in [4.69, 9.17) is 10.8 Å². The Balaban J connectivity index is 2.57. The third kappa shape index (κ3) is 2.17. The minimum Gasteiger partial charge on any atom is -0.476 e. The van der Waals surface area contributed by atoms with Gasteiger partial charge in [-0.2, -0.15) is 0 Å². The SMILES string of the molecule is NC(=O)Cn1nnc(C(=O)O)c1-c1ccccn1. The maximum atomic E-state index is 11.0. The van der Waals surface area contributed by atoms with Gasteiger partial charge in [0.05, 0.1) is 5.69 Å². The summed E-state index contributed by atoms with van der Waals surface area (Å²) < 4.78 is 1.12. The van der Waals surface area contributed by atoms with E-state index in [2.05, 4.69) is 15.3 Å². The lowest BCUT2D eigenvalue weighted by Gasteiger charge is -2.03. The second-order valence-corrected chi connectivity index (χ2v) is 3.43. The van der Waals surface area contributed by atoms with Gasteiger partial charge >= 0.3 is 5.97 Å². The monoisotopic (exact) mass is 247 g/mol. The van der Waals surface area contributed by atoms with E-state index in [1.807, 2.05) is 0 Å². The van der Waals surface area contributed by atoms with Gasteiger partial charge < -0.3 is 10.8 Å². The first-order chi connectivity index (χ1) is 8.59. The number of amides is 1. The lowest BCUT2D eigenvalue weighted by Crippen LogP contribution is -2.20. The molecule has 0 unspecified atom stereocenters. The van der Waals surface area contributed by atoms with Crippen LogP contribution in [0.1, 0.15) is 10.5 Å². The molecule has 1 amide bonds. The highest BCUT2D eigenvalue weighted by atomic mass is 16.4. The molecule has 0 aromatic carbocycles. The molecular weight excluding hydrogens is 238 g/mol. The van der Waals surface area contributed by atoms with Gasteiger partial charge in [0.15, 0.2) is 5.69 Å². The van der Waals surface area contributed by atoms with Crippen LogP contribution in [0.25, 0.3) is 11.4 Å². The summed E-state index contributed by atoms with van der Waals surface area (Å²) in [5.74, 6) is -1.89. The molecule has 0 radical (unpaired) electrons. The first-order valence-electron chi connectivity index (χ1n) is 4.96. The number of primary amides is 1. The standard InChI is InChI=1S/C10H9N5O3/c11-7(16)5-15-9(6-3-1-2-4-12-6)8(10(17)18)13-14-15/h1-4H,5H2,(H2,11,16)(H,17,18). The van der Waals surface area contributed by atoms with Crippen molar-refractivity contribution in [1.29, 1.82) is 0 Å². The first kappa shape index (κ1) is 11.7. The Morgan fingerprint density at radius 1 is 1.39 bits per heavy atom. The second kappa shape index (κ2) is 4.62. The largest absolute Gasteiger partial charge is 0.476 e. The van der Waals surface area contributed by atoms with Gasteiger partial charge in [0.1, 0.15) is 12.2 Å². The van der Waals surface area contributed by atoms with E-state index < -0.39 is 11.9 Å². The molecule has 0 saturated carbocycles. The number of carboxylic acid groups (broad SMARTS) is 1. The van der Waals surface area contributed by atoms with Crippen LogP contribution in [0.4, 0.5) is 0 Å². The van der Waals surface area contributed by atoms with E-state index in [0.717, 1.165) is 4.68 Å². The molecule has 0 aliphatic rings. The van der Waals surface area contributed by atoms with E-state index in [-0.39, 0.29) is 17.9 Å². The number of hydrogen-bond acceptors (Lipinski definition) is 5. The van der Waals surface area contributed by atoms with Crippen molar-refractivity contribution in [3.8, 4) is 11.4 Å². The highest BCUT2D eigenvalue weighted by Gasteiger charge is 2.21. The minimum atomic E-state index is -1.24. The zero-order chi connectivity index (χ0) is 13.1.